The molecule has 0 aliphatic carbocycles. The van der Waals surface area contributed by atoms with Crippen LogP contribution >= 0.6 is 0 Å². The van der Waals surface area contributed by atoms with Gasteiger partial charge in [-0.25, -0.2) is 0 Å². The van der Waals surface area contributed by atoms with E-state index in [-0.39, 0.29) is 0 Å². The summed E-state index contributed by atoms with van der Waals surface area (Å²) in [5, 5.41) is 25.0. The molecule has 0 atom stereocenters. The third-order valence-electron chi connectivity index (χ3n) is 14.7. The average molecular weight is 783 g/mol. The van der Waals surface area contributed by atoms with Crippen LogP contribution in [-0.4, -0.2) is 8.07 Å². The molecular weight excluding hydrogens is 749 g/mol. The van der Waals surface area contributed by atoms with Gasteiger partial charge in [0, 0.05) is 0 Å². The van der Waals surface area contributed by atoms with Crippen molar-refractivity contribution in [1.82, 2.24) is 0 Å². The molecule has 278 valence electrons. The van der Waals surface area contributed by atoms with Gasteiger partial charge in [0.2, 0.25) is 0 Å². The Hall–Kier alpha value is -7.58. The Bertz CT molecular complexity index is 3980. The molecule has 0 N–H and O–H groups in total. The van der Waals surface area contributed by atoms with Crippen molar-refractivity contribution in [1.29, 1.82) is 0 Å². The first kappa shape index (κ1) is 32.3. The molecule has 1 heteroatoms. The zero-order chi connectivity index (χ0) is 39.6. The molecule has 0 unspecified atom stereocenters. The summed E-state index contributed by atoms with van der Waals surface area (Å²) in [6.07, 6.45) is 0. The van der Waals surface area contributed by atoms with Crippen LogP contribution in [0.15, 0.2) is 206 Å². The lowest BCUT2D eigenvalue weighted by molar-refractivity contribution is 1.68. The van der Waals surface area contributed by atoms with Crippen LogP contribution in [0.3, 0.4) is 0 Å². The van der Waals surface area contributed by atoms with Gasteiger partial charge in [0.1, 0.15) is 0 Å². The molecule has 0 amide bonds. The number of fused-ring (bicyclic) bond motifs is 19. The summed E-state index contributed by atoms with van der Waals surface area (Å²) in [5.41, 5.74) is 10.7. The van der Waals surface area contributed by atoms with E-state index in [2.05, 4.69) is 206 Å². The smallest absolute Gasteiger partial charge is 0.0623 e. The molecule has 0 saturated heterocycles. The Morgan fingerprint density at radius 2 is 0.672 bits per heavy atom. The van der Waals surface area contributed by atoms with Crippen LogP contribution in [0, 0.1) is 0 Å². The maximum absolute atomic E-state index is 2.72. The lowest BCUT2D eigenvalue weighted by Gasteiger charge is -2.29. The molecule has 0 nitrogen and oxygen atoms in total. The summed E-state index contributed by atoms with van der Waals surface area (Å²) >= 11 is 0. The summed E-state index contributed by atoms with van der Waals surface area (Å²) < 4.78 is 0. The van der Waals surface area contributed by atoms with Gasteiger partial charge in [-0.05, 0) is 153 Å². The molecule has 1 spiro atoms. The van der Waals surface area contributed by atoms with Gasteiger partial charge in [-0.2, -0.15) is 0 Å². The van der Waals surface area contributed by atoms with Gasteiger partial charge in [0.05, 0.1) is 0 Å². The standard InChI is InChI=1S/C60H34Si/c1-3-17-35(18-4-1)53-48-33-46-38-22-8-7-21-37(38)42-26-15-27-43(55(42)46)57(48)54(36-19-5-2-6-20-36)59-49-34-47-41-25-11-14-32-52(41)61(60(47)45-29-16-28-44(56(45)49)58(53)59)50-30-12-9-23-39(50)40-24-10-13-31-51(40)61/h1-34H. The average Bonchev–Trinajstić information content (AvgIpc) is 4.03. The molecule has 2 heterocycles. The van der Waals surface area contributed by atoms with Crippen molar-refractivity contribution < 1.29 is 0 Å². The Labute approximate surface area is 353 Å². The number of hydrogen-bond acceptors (Lipinski definition) is 0. The number of rotatable bonds is 2. The Balaban J connectivity index is 1.23. The van der Waals surface area contributed by atoms with Crippen LogP contribution in [0.4, 0.5) is 0 Å². The Morgan fingerprint density at radius 1 is 0.230 bits per heavy atom. The summed E-state index contributed by atoms with van der Waals surface area (Å²) in [5.74, 6) is 0. The molecule has 2 aliphatic rings. The van der Waals surface area contributed by atoms with E-state index in [1.165, 1.54) is 135 Å². The molecule has 0 fully saturated rings. The highest BCUT2D eigenvalue weighted by Crippen LogP contribution is 2.55. The van der Waals surface area contributed by atoms with E-state index >= 15 is 0 Å². The first-order chi connectivity index (χ1) is 30.3. The van der Waals surface area contributed by atoms with Crippen molar-refractivity contribution in [3.8, 4) is 44.5 Å². The lowest BCUT2D eigenvalue weighted by atomic mass is 9.83. The Kier molecular flexibility index (Phi) is 6.02. The monoisotopic (exact) mass is 782 g/mol. The zero-order valence-electron chi connectivity index (χ0n) is 33.1. The highest BCUT2D eigenvalue weighted by Gasteiger charge is 2.54. The fourth-order valence-electron chi connectivity index (χ4n) is 12.7. The topological polar surface area (TPSA) is 0 Å². The highest BCUT2D eigenvalue weighted by molar-refractivity contribution is 7.25. The molecule has 61 heavy (non-hydrogen) atoms. The van der Waals surface area contributed by atoms with Crippen LogP contribution in [0.1, 0.15) is 0 Å². The van der Waals surface area contributed by atoms with Crippen LogP contribution in [0.25, 0.3) is 120 Å². The summed E-state index contributed by atoms with van der Waals surface area (Å²) in [4.78, 5) is 0. The van der Waals surface area contributed by atoms with E-state index in [9.17, 15) is 0 Å². The van der Waals surface area contributed by atoms with Gasteiger partial charge in [0.15, 0.2) is 8.07 Å². The third kappa shape index (κ3) is 3.75. The summed E-state index contributed by atoms with van der Waals surface area (Å²) in [7, 11) is -2.72. The van der Waals surface area contributed by atoms with Crippen molar-refractivity contribution in [2.75, 3.05) is 0 Å². The number of benzene rings is 11. The fraction of sp³-hybridized carbons (Fsp3) is 0. The van der Waals surface area contributed by atoms with Gasteiger partial charge < -0.3 is 0 Å². The van der Waals surface area contributed by atoms with Crippen molar-refractivity contribution >= 4 is 104 Å². The zero-order valence-corrected chi connectivity index (χ0v) is 34.1. The predicted molar refractivity (Wildman–Crippen MR) is 264 cm³/mol. The Morgan fingerprint density at radius 3 is 1.31 bits per heavy atom. The largest absolute Gasteiger partial charge is 0.182 e. The van der Waals surface area contributed by atoms with Crippen molar-refractivity contribution in [3.05, 3.63) is 206 Å². The quantitative estimate of drug-likeness (QED) is 0.121. The van der Waals surface area contributed by atoms with Crippen LogP contribution in [0.5, 0.6) is 0 Å². The van der Waals surface area contributed by atoms with E-state index in [1.54, 1.807) is 5.19 Å². The van der Waals surface area contributed by atoms with Gasteiger partial charge in [-0.3, -0.25) is 0 Å². The van der Waals surface area contributed by atoms with Crippen molar-refractivity contribution in [3.63, 3.8) is 0 Å². The molecular formula is C60H34Si. The predicted octanol–water partition coefficient (Wildman–Crippen LogP) is 13.3. The second-order valence-corrected chi connectivity index (χ2v) is 20.9. The normalized spacial score (nSPS) is 13.7. The summed E-state index contributed by atoms with van der Waals surface area (Å²) in [6.45, 7) is 0. The van der Waals surface area contributed by atoms with E-state index in [4.69, 9.17) is 0 Å². The van der Waals surface area contributed by atoms with Crippen molar-refractivity contribution in [2.45, 2.75) is 0 Å². The summed E-state index contributed by atoms with van der Waals surface area (Å²) in [6, 6.07) is 79.0. The molecule has 13 aromatic carbocycles. The van der Waals surface area contributed by atoms with Gasteiger partial charge in [0.25, 0.3) is 0 Å². The van der Waals surface area contributed by atoms with E-state index in [1.807, 2.05) is 0 Å². The lowest BCUT2D eigenvalue weighted by Crippen LogP contribution is -2.70. The van der Waals surface area contributed by atoms with E-state index in [0.717, 1.165) is 0 Å². The van der Waals surface area contributed by atoms with E-state index < -0.39 is 8.07 Å². The molecule has 15 rings (SSSR count). The second kappa shape index (κ2) is 11.4. The minimum Gasteiger partial charge on any atom is -0.0623 e. The molecule has 13 aromatic rings. The molecule has 2 aliphatic heterocycles. The fourth-order valence-corrected chi connectivity index (χ4v) is 18.5. The van der Waals surface area contributed by atoms with Crippen LogP contribution in [-0.2, 0) is 0 Å². The van der Waals surface area contributed by atoms with Gasteiger partial charge in [-0.1, -0.05) is 194 Å². The molecule has 0 bridgehead atoms. The maximum atomic E-state index is 2.64. The first-order valence-corrected chi connectivity index (χ1v) is 23.5. The minimum absolute atomic E-state index is 1.25. The maximum Gasteiger partial charge on any atom is 0.182 e. The molecule has 0 saturated carbocycles. The third-order valence-corrected chi connectivity index (χ3v) is 19.7. The van der Waals surface area contributed by atoms with Gasteiger partial charge >= 0.3 is 0 Å². The molecule has 0 aromatic heterocycles. The highest BCUT2D eigenvalue weighted by atomic mass is 28.3. The van der Waals surface area contributed by atoms with Crippen LogP contribution < -0.4 is 20.7 Å². The molecule has 0 radical (unpaired) electrons. The first-order valence-electron chi connectivity index (χ1n) is 21.5. The minimum atomic E-state index is -2.72. The van der Waals surface area contributed by atoms with E-state index in [0.29, 0.717) is 0 Å². The second-order valence-electron chi connectivity index (χ2n) is 17.3. The van der Waals surface area contributed by atoms with Crippen molar-refractivity contribution in [2.24, 2.45) is 0 Å². The van der Waals surface area contributed by atoms with Crippen LogP contribution in [0.2, 0.25) is 0 Å². The SMILES string of the molecule is c1ccc(-c2c3cc4c5ccccc5c5cccc(c3c(-c3ccccc3)c3c6cc7c(c8cccc(c23)c86)[Si]2(c3ccccc3-c3ccccc32)c2ccccc2-7)c54)cc1. The van der Waals surface area contributed by atoms with Gasteiger partial charge in [-0.15, -0.1) is 0 Å². The number of hydrogen-bond donors (Lipinski definition) is 0.